The molecule has 0 saturated heterocycles. The van der Waals surface area contributed by atoms with Crippen molar-refractivity contribution in [2.75, 3.05) is 6.54 Å². The highest BCUT2D eigenvalue weighted by atomic mass is 16.2. The van der Waals surface area contributed by atoms with Crippen LogP contribution in [0.2, 0.25) is 0 Å². The van der Waals surface area contributed by atoms with Gasteiger partial charge in [-0.25, -0.2) is 4.79 Å². The Morgan fingerprint density at radius 1 is 1.58 bits per heavy atom. The molecule has 1 atom stereocenters. The van der Waals surface area contributed by atoms with E-state index in [1.54, 1.807) is 0 Å². The molecule has 1 saturated carbocycles. The largest absolute Gasteiger partial charge is 0.338 e. The Labute approximate surface area is 73.9 Å². The Morgan fingerprint density at radius 2 is 2.25 bits per heavy atom. The maximum Gasteiger partial charge on any atom is 0.315 e. The summed E-state index contributed by atoms with van der Waals surface area (Å²) in [5.41, 5.74) is 0.297. The van der Waals surface area contributed by atoms with Gasteiger partial charge in [-0.1, -0.05) is 13.8 Å². The Hall–Kier alpha value is -0.730. The third kappa shape index (κ3) is 1.90. The van der Waals surface area contributed by atoms with E-state index in [9.17, 15) is 4.79 Å². The van der Waals surface area contributed by atoms with Crippen molar-refractivity contribution in [2.45, 2.75) is 39.7 Å². The standard InChI is InChI=1S/C9H18N2O/c1-4-10-8(12)11-7-5-6-9(7,2)3/h7H,4-6H2,1-3H3,(H2,10,11,12). The van der Waals surface area contributed by atoms with Crippen LogP contribution in [0.3, 0.4) is 0 Å². The summed E-state index contributed by atoms with van der Waals surface area (Å²) in [6, 6.07) is 0.333. The highest BCUT2D eigenvalue weighted by Gasteiger charge is 2.39. The molecule has 2 amide bonds. The maximum atomic E-state index is 11.1. The van der Waals surface area contributed by atoms with Crippen LogP contribution < -0.4 is 10.6 Å². The van der Waals surface area contributed by atoms with Crippen molar-refractivity contribution < 1.29 is 4.79 Å². The average Bonchev–Trinajstić information content (AvgIpc) is 1.99. The van der Waals surface area contributed by atoms with Gasteiger partial charge in [0, 0.05) is 12.6 Å². The molecule has 1 unspecified atom stereocenters. The first-order valence-electron chi connectivity index (χ1n) is 4.60. The molecule has 3 heteroatoms. The van der Waals surface area contributed by atoms with Crippen LogP contribution in [0.15, 0.2) is 0 Å². The first-order valence-corrected chi connectivity index (χ1v) is 4.60. The van der Waals surface area contributed by atoms with E-state index in [-0.39, 0.29) is 6.03 Å². The lowest BCUT2D eigenvalue weighted by molar-refractivity contribution is 0.114. The number of hydrogen-bond donors (Lipinski definition) is 2. The van der Waals surface area contributed by atoms with Crippen molar-refractivity contribution >= 4 is 6.03 Å². The monoisotopic (exact) mass is 170 g/mol. The van der Waals surface area contributed by atoms with Crippen molar-refractivity contribution in [3.63, 3.8) is 0 Å². The van der Waals surface area contributed by atoms with Gasteiger partial charge in [-0.2, -0.15) is 0 Å². The van der Waals surface area contributed by atoms with Crippen LogP contribution in [0.4, 0.5) is 4.79 Å². The molecule has 0 bridgehead atoms. The second kappa shape index (κ2) is 3.33. The van der Waals surface area contributed by atoms with E-state index in [0.29, 0.717) is 18.0 Å². The Morgan fingerprint density at radius 3 is 2.58 bits per heavy atom. The summed E-state index contributed by atoms with van der Waals surface area (Å²) in [7, 11) is 0. The van der Waals surface area contributed by atoms with Gasteiger partial charge in [-0.05, 0) is 25.2 Å². The van der Waals surface area contributed by atoms with Crippen LogP contribution >= 0.6 is 0 Å². The van der Waals surface area contributed by atoms with Crippen molar-refractivity contribution in [2.24, 2.45) is 5.41 Å². The van der Waals surface area contributed by atoms with Gasteiger partial charge >= 0.3 is 6.03 Å². The van der Waals surface area contributed by atoms with Gasteiger partial charge in [0.15, 0.2) is 0 Å². The van der Waals surface area contributed by atoms with Gasteiger partial charge < -0.3 is 10.6 Å². The van der Waals surface area contributed by atoms with Crippen molar-refractivity contribution in [1.29, 1.82) is 0 Å². The van der Waals surface area contributed by atoms with E-state index in [1.165, 1.54) is 6.42 Å². The Bertz CT molecular complexity index is 177. The molecule has 3 nitrogen and oxygen atoms in total. The zero-order valence-electron chi connectivity index (χ0n) is 8.11. The summed E-state index contributed by atoms with van der Waals surface area (Å²) < 4.78 is 0. The minimum atomic E-state index is -0.0322. The zero-order chi connectivity index (χ0) is 9.19. The third-order valence-electron chi connectivity index (χ3n) is 2.66. The lowest BCUT2D eigenvalue weighted by atomic mass is 9.67. The summed E-state index contributed by atoms with van der Waals surface area (Å²) in [5.74, 6) is 0. The first kappa shape index (κ1) is 9.36. The summed E-state index contributed by atoms with van der Waals surface area (Å²) in [5, 5.41) is 5.69. The number of urea groups is 1. The smallest absolute Gasteiger partial charge is 0.315 e. The Balaban J connectivity index is 2.28. The molecule has 70 valence electrons. The van der Waals surface area contributed by atoms with Crippen LogP contribution in [-0.2, 0) is 0 Å². The molecule has 1 rings (SSSR count). The highest BCUT2D eigenvalue weighted by Crippen LogP contribution is 2.39. The lowest BCUT2D eigenvalue weighted by Crippen LogP contribution is -2.54. The summed E-state index contributed by atoms with van der Waals surface area (Å²) in [4.78, 5) is 11.1. The third-order valence-corrected chi connectivity index (χ3v) is 2.66. The molecule has 1 fully saturated rings. The molecule has 0 heterocycles. The van der Waals surface area contributed by atoms with Gasteiger partial charge in [0.25, 0.3) is 0 Å². The molecule has 1 aliphatic carbocycles. The van der Waals surface area contributed by atoms with Gasteiger partial charge in [0.05, 0.1) is 0 Å². The zero-order valence-corrected chi connectivity index (χ0v) is 8.11. The highest BCUT2D eigenvalue weighted by molar-refractivity contribution is 5.74. The fourth-order valence-electron chi connectivity index (χ4n) is 1.50. The normalized spacial score (nSPS) is 25.8. The van der Waals surface area contributed by atoms with E-state index < -0.39 is 0 Å². The molecule has 0 aromatic carbocycles. The van der Waals surface area contributed by atoms with Crippen LogP contribution in [0.25, 0.3) is 0 Å². The Kier molecular flexibility index (Phi) is 2.60. The van der Waals surface area contributed by atoms with Gasteiger partial charge in [-0.3, -0.25) is 0 Å². The fourth-order valence-corrected chi connectivity index (χ4v) is 1.50. The first-order chi connectivity index (χ1) is 5.56. The number of amides is 2. The van der Waals surface area contributed by atoms with Crippen LogP contribution in [-0.4, -0.2) is 18.6 Å². The van der Waals surface area contributed by atoms with Gasteiger partial charge in [-0.15, -0.1) is 0 Å². The molecule has 0 aromatic rings. The van der Waals surface area contributed by atoms with Crippen LogP contribution in [0.1, 0.15) is 33.6 Å². The summed E-state index contributed by atoms with van der Waals surface area (Å²) in [6.07, 6.45) is 2.33. The predicted molar refractivity (Wildman–Crippen MR) is 49.0 cm³/mol. The minimum Gasteiger partial charge on any atom is -0.338 e. The molecule has 1 aliphatic rings. The van der Waals surface area contributed by atoms with Crippen LogP contribution in [0.5, 0.6) is 0 Å². The van der Waals surface area contributed by atoms with Gasteiger partial charge in [0.1, 0.15) is 0 Å². The predicted octanol–water partition coefficient (Wildman–Crippen LogP) is 1.49. The molecule has 2 N–H and O–H groups in total. The molecule has 0 aliphatic heterocycles. The average molecular weight is 170 g/mol. The molecule has 0 spiro atoms. The van der Waals surface area contributed by atoms with E-state index in [0.717, 1.165) is 6.42 Å². The second-order valence-corrected chi connectivity index (χ2v) is 4.08. The van der Waals surface area contributed by atoms with E-state index in [1.807, 2.05) is 6.92 Å². The lowest BCUT2D eigenvalue weighted by Gasteiger charge is -2.44. The fraction of sp³-hybridized carbons (Fsp3) is 0.889. The number of rotatable bonds is 2. The quantitative estimate of drug-likeness (QED) is 0.647. The minimum absolute atomic E-state index is 0.0322. The van der Waals surface area contributed by atoms with Crippen molar-refractivity contribution in [1.82, 2.24) is 10.6 Å². The number of carbonyl (C=O) groups excluding carboxylic acids is 1. The summed E-state index contributed by atoms with van der Waals surface area (Å²) >= 11 is 0. The number of nitrogens with one attached hydrogen (secondary N) is 2. The molecular weight excluding hydrogens is 152 g/mol. The molecule has 12 heavy (non-hydrogen) atoms. The number of hydrogen-bond acceptors (Lipinski definition) is 1. The SMILES string of the molecule is CCNC(=O)NC1CCC1(C)C. The van der Waals surface area contributed by atoms with Crippen molar-refractivity contribution in [3.8, 4) is 0 Å². The topological polar surface area (TPSA) is 41.1 Å². The summed E-state index contributed by atoms with van der Waals surface area (Å²) in [6.45, 7) is 6.99. The van der Waals surface area contributed by atoms with E-state index in [2.05, 4.69) is 24.5 Å². The molecule has 0 radical (unpaired) electrons. The number of carbonyl (C=O) groups is 1. The van der Waals surface area contributed by atoms with Crippen molar-refractivity contribution in [3.05, 3.63) is 0 Å². The van der Waals surface area contributed by atoms with E-state index >= 15 is 0 Å². The van der Waals surface area contributed by atoms with E-state index in [4.69, 9.17) is 0 Å². The second-order valence-electron chi connectivity index (χ2n) is 4.08. The maximum absolute atomic E-state index is 11.1. The molecule has 0 aromatic heterocycles. The van der Waals surface area contributed by atoms with Gasteiger partial charge in [0.2, 0.25) is 0 Å². The molecular formula is C9H18N2O. The van der Waals surface area contributed by atoms with Crippen LogP contribution in [0, 0.1) is 5.41 Å².